The fraction of sp³-hybridized carbons (Fsp3) is 1.00. The predicted molar refractivity (Wildman–Crippen MR) is 83.9 cm³/mol. The zero-order chi connectivity index (χ0) is 14.2. The van der Waals surface area contributed by atoms with Gasteiger partial charge < -0.3 is 10.6 Å². The summed E-state index contributed by atoms with van der Waals surface area (Å²) in [4.78, 5) is 8.09. The minimum atomic E-state index is 0.278. The van der Waals surface area contributed by atoms with Crippen LogP contribution in [0.4, 0.5) is 0 Å². The predicted octanol–water partition coefficient (Wildman–Crippen LogP) is 0.968. The highest BCUT2D eigenvalue weighted by Gasteiger charge is 2.45. The van der Waals surface area contributed by atoms with E-state index in [4.69, 9.17) is 5.73 Å². The molecular formula is C16H32N4. The zero-order valence-corrected chi connectivity index (χ0v) is 13.4. The quantitative estimate of drug-likeness (QED) is 0.835. The Morgan fingerprint density at radius 3 is 2.55 bits per heavy atom. The second-order valence-electron chi connectivity index (χ2n) is 7.16. The average Bonchev–Trinajstić information content (AvgIpc) is 2.93. The third-order valence-corrected chi connectivity index (χ3v) is 6.16. The van der Waals surface area contributed by atoms with Gasteiger partial charge in [-0.3, -0.25) is 9.80 Å². The Morgan fingerprint density at radius 1 is 1.15 bits per heavy atom. The molecule has 0 amide bonds. The van der Waals surface area contributed by atoms with Gasteiger partial charge in [0.25, 0.3) is 0 Å². The van der Waals surface area contributed by atoms with Gasteiger partial charge in [0.2, 0.25) is 0 Å². The summed E-state index contributed by atoms with van der Waals surface area (Å²) < 4.78 is 0. The van der Waals surface area contributed by atoms with Crippen molar-refractivity contribution in [3.63, 3.8) is 0 Å². The van der Waals surface area contributed by atoms with Crippen molar-refractivity contribution in [3.05, 3.63) is 0 Å². The highest BCUT2D eigenvalue weighted by Crippen LogP contribution is 2.35. The first-order chi connectivity index (χ1) is 9.68. The standard InChI is InChI=1S/C16H32N4/c1-3-18-9-6-16(13-17,7-10-18)20-12-15-5-4-8-19(15)11-14(20)2/h14-15H,3-13,17H2,1-2H3. The molecule has 2 N–H and O–H groups in total. The Labute approximate surface area is 124 Å². The molecule has 3 rings (SSSR count). The number of fused-ring (bicyclic) bond motifs is 1. The van der Waals surface area contributed by atoms with Crippen LogP contribution in [0.25, 0.3) is 0 Å². The molecule has 0 aromatic heterocycles. The van der Waals surface area contributed by atoms with Crippen LogP contribution in [0.3, 0.4) is 0 Å². The summed E-state index contributed by atoms with van der Waals surface area (Å²) in [7, 11) is 0. The lowest BCUT2D eigenvalue weighted by Crippen LogP contribution is -2.67. The zero-order valence-electron chi connectivity index (χ0n) is 13.4. The molecular weight excluding hydrogens is 248 g/mol. The maximum atomic E-state index is 6.28. The fourth-order valence-corrected chi connectivity index (χ4v) is 4.74. The first-order valence-electron chi connectivity index (χ1n) is 8.62. The molecule has 0 aromatic carbocycles. The first kappa shape index (κ1) is 14.8. The normalized spacial score (nSPS) is 36.1. The number of nitrogens with two attached hydrogens (primary N) is 1. The summed E-state index contributed by atoms with van der Waals surface area (Å²) >= 11 is 0. The van der Waals surface area contributed by atoms with E-state index >= 15 is 0 Å². The smallest absolute Gasteiger partial charge is 0.0360 e. The van der Waals surface area contributed by atoms with Crippen molar-refractivity contribution in [2.45, 2.75) is 57.2 Å². The summed E-state index contributed by atoms with van der Waals surface area (Å²) in [5.74, 6) is 0. The Balaban J connectivity index is 1.72. The molecule has 2 unspecified atom stereocenters. The highest BCUT2D eigenvalue weighted by atomic mass is 15.4. The van der Waals surface area contributed by atoms with Gasteiger partial charge in [-0.05, 0) is 58.8 Å². The molecule has 116 valence electrons. The summed E-state index contributed by atoms with van der Waals surface area (Å²) in [5.41, 5.74) is 6.56. The first-order valence-corrected chi connectivity index (χ1v) is 8.62. The van der Waals surface area contributed by atoms with E-state index in [0.29, 0.717) is 6.04 Å². The van der Waals surface area contributed by atoms with Gasteiger partial charge in [0.1, 0.15) is 0 Å². The van der Waals surface area contributed by atoms with Crippen LogP contribution in [-0.2, 0) is 0 Å². The van der Waals surface area contributed by atoms with Crippen molar-refractivity contribution in [2.75, 3.05) is 45.8 Å². The molecule has 0 aliphatic carbocycles. The van der Waals surface area contributed by atoms with E-state index in [9.17, 15) is 0 Å². The van der Waals surface area contributed by atoms with Crippen LogP contribution in [0.2, 0.25) is 0 Å². The number of likely N-dealkylation sites (tertiary alicyclic amines) is 1. The van der Waals surface area contributed by atoms with Crippen LogP contribution in [0.15, 0.2) is 0 Å². The summed E-state index contributed by atoms with van der Waals surface area (Å²) in [5, 5.41) is 0. The molecule has 3 aliphatic rings. The molecule has 0 saturated carbocycles. The van der Waals surface area contributed by atoms with Crippen LogP contribution in [0.5, 0.6) is 0 Å². The van der Waals surface area contributed by atoms with E-state index in [1.807, 2.05) is 0 Å². The van der Waals surface area contributed by atoms with E-state index in [1.165, 1.54) is 65.0 Å². The number of piperazine rings is 1. The van der Waals surface area contributed by atoms with Gasteiger partial charge in [-0.1, -0.05) is 6.92 Å². The van der Waals surface area contributed by atoms with E-state index < -0.39 is 0 Å². The second kappa shape index (κ2) is 5.91. The minimum absolute atomic E-state index is 0.278. The van der Waals surface area contributed by atoms with Gasteiger partial charge in [-0.15, -0.1) is 0 Å². The van der Waals surface area contributed by atoms with Crippen molar-refractivity contribution in [1.29, 1.82) is 0 Å². The maximum Gasteiger partial charge on any atom is 0.0360 e. The maximum absolute atomic E-state index is 6.28. The Hall–Kier alpha value is -0.160. The molecule has 0 spiro atoms. The second-order valence-corrected chi connectivity index (χ2v) is 7.16. The average molecular weight is 280 g/mol. The largest absolute Gasteiger partial charge is 0.329 e. The fourth-order valence-electron chi connectivity index (χ4n) is 4.74. The molecule has 3 aliphatic heterocycles. The molecule has 2 atom stereocenters. The lowest BCUT2D eigenvalue weighted by Gasteiger charge is -2.55. The lowest BCUT2D eigenvalue weighted by molar-refractivity contribution is -0.0484. The van der Waals surface area contributed by atoms with E-state index in [2.05, 4.69) is 28.5 Å². The monoisotopic (exact) mass is 280 g/mol. The molecule has 3 fully saturated rings. The summed E-state index contributed by atoms with van der Waals surface area (Å²) in [6.45, 7) is 13.0. The third-order valence-electron chi connectivity index (χ3n) is 6.16. The van der Waals surface area contributed by atoms with Gasteiger partial charge in [0.05, 0.1) is 0 Å². The Bertz CT molecular complexity index is 324. The van der Waals surface area contributed by atoms with E-state index in [-0.39, 0.29) is 5.54 Å². The molecule has 20 heavy (non-hydrogen) atoms. The molecule has 0 bridgehead atoms. The molecule has 0 radical (unpaired) electrons. The SMILES string of the molecule is CCN1CCC(CN)(N2CC3CCCN3CC2C)CC1. The Morgan fingerprint density at radius 2 is 1.90 bits per heavy atom. The number of nitrogens with zero attached hydrogens (tertiary/aromatic N) is 3. The van der Waals surface area contributed by atoms with Crippen LogP contribution < -0.4 is 5.73 Å². The number of hydrogen-bond donors (Lipinski definition) is 1. The number of piperidine rings is 1. The van der Waals surface area contributed by atoms with Crippen LogP contribution in [-0.4, -0.2) is 78.1 Å². The van der Waals surface area contributed by atoms with Crippen LogP contribution in [0.1, 0.15) is 39.5 Å². The number of hydrogen-bond acceptors (Lipinski definition) is 4. The van der Waals surface area contributed by atoms with Crippen LogP contribution in [0, 0.1) is 0 Å². The summed E-state index contributed by atoms with van der Waals surface area (Å²) in [6, 6.07) is 1.47. The van der Waals surface area contributed by atoms with E-state index in [1.54, 1.807) is 0 Å². The topological polar surface area (TPSA) is 35.7 Å². The molecule has 0 aromatic rings. The summed E-state index contributed by atoms with van der Waals surface area (Å²) in [6.07, 6.45) is 5.30. The number of rotatable bonds is 3. The molecule has 4 heteroatoms. The van der Waals surface area contributed by atoms with Gasteiger partial charge in [-0.2, -0.15) is 0 Å². The third kappa shape index (κ3) is 2.52. The van der Waals surface area contributed by atoms with Gasteiger partial charge in [0.15, 0.2) is 0 Å². The highest BCUT2D eigenvalue weighted by molar-refractivity contribution is 5.03. The van der Waals surface area contributed by atoms with Crippen molar-refractivity contribution >= 4 is 0 Å². The lowest BCUT2D eigenvalue weighted by atomic mass is 9.83. The molecule has 4 nitrogen and oxygen atoms in total. The van der Waals surface area contributed by atoms with Gasteiger partial charge in [0, 0.05) is 37.3 Å². The van der Waals surface area contributed by atoms with Crippen molar-refractivity contribution in [2.24, 2.45) is 5.73 Å². The van der Waals surface area contributed by atoms with Gasteiger partial charge >= 0.3 is 0 Å². The van der Waals surface area contributed by atoms with Crippen molar-refractivity contribution in [1.82, 2.24) is 14.7 Å². The van der Waals surface area contributed by atoms with E-state index in [0.717, 1.165) is 12.6 Å². The van der Waals surface area contributed by atoms with Crippen molar-refractivity contribution in [3.8, 4) is 0 Å². The molecule has 3 saturated heterocycles. The Kier molecular flexibility index (Phi) is 4.37. The van der Waals surface area contributed by atoms with Crippen molar-refractivity contribution < 1.29 is 0 Å². The van der Waals surface area contributed by atoms with Gasteiger partial charge in [-0.25, -0.2) is 0 Å². The van der Waals surface area contributed by atoms with Crippen LogP contribution >= 0.6 is 0 Å². The minimum Gasteiger partial charge on any atom is -0.329 e. The molecule has 3 heterocycles.